The van der Waals surface area contributed by atoms with E-state index in [1.807, 2.05) is 42.6 Å². The second-order valence-corrected chi connectivity index (χ2v) is 4.90. The highest BCUT2D eigenvalue weighted by atomic mass is 32.1. The Morgan fingerprint density at radius 2 is 2.06 bits per heavy atom. The molecule has 2 aromatic heterocycles. The maximum atomic E-state index is 12.0. The number of hydrogen-bond donors (Lipinski definition) is 0. The average molecular weight is 242 g/mol. The zero-order chi connectivity index (χ0) is 11.8. The molecule has 0 radical (unpaired) electrons. The number of hydrogen-bond acceptors (Lipinski definition) is 3. The molecule has 0 atom stereocenters. The van der Waals surface area contributed by atoms with Crippen LogP contribution >= 0.6 is 11.3 Å². The molecule has 0 aliphatic heterocycles. The molecule has 0 bridgehead atoms. The topological polar surface area (TPSA) is 30.2 Å². The molecule has 0 N–H and O–H groups in total. The summed E-state index contributed by atoms with van der Waals surface area (Å²) in [5.41, 5.74) is 1.75. The van der Waals surface area contributed by atoms with Crippen molar-refractivity contribution in [3.63, 3.8) is 0 Å². The highest BCUT2D eigenvalue weighted by Crippen LogP contribution is 2.26. The summed E-state index contributed by atoms with van der Waals surface area (Å²) in [7, 11) is 0. The van der Waals surface area contributed by atoms with Crippen LogP contribution in [0.1, 0.15) is 5.56 Å². The van der Waals surface area contributed by atoms with E-state index in [0.717, 1.165) is 10.4 Å². The fraction of sp³-hybridized carbons (Fsp3) is 0.0714. The number of fused-ring (bicyclic) bond motifs is 1. The summed E-state index contributed by atoms with van der Waals surface area (Å²) >= 11 is 1.56. The lowest BCUT2D eigenvalue weighted by molar-refractivity contribution is 0.620. The first-order valence-electron chi connectivity index (χ1n) is 5.32. The first-order chi connectivity index (χ1) is 8.24. The summed E-state index contributed by atoms with van der Waals surface area (Å²) in [6, 6.07) is 11.1. The van der Waals surface area contributed by atoms with Crippen molar-refractivity contribution in [2.24, 2.45) is 0 Å². The van der Waals surface area contributed by atoms with Crippen LogP contribution in [0.25, 0.3) is 21.6 Å². The van der Waals surface area contributed by atoms with Crippen LogP contribution in [0.15, 0.2) is 51.0 Å². The molecule has 0 unspecified atom stereocenters. The van der Waals surface area contributed by atoms with E-state index in [1.54, 1.807) is 17.4 Å². The number of benzene rings is 1. The first kappa shape index (κ1) is 10.3. The molecule has 0 aliphatic carbocycles. The Hall–Kier alpha value is -1.87. The van der Waals surface area contributed by atoms with Crippen LogP contribution < -0.4 is 5.43 Å². The van der Waals surface area contributed by atoms with Gasteiger partial charge in [0.25, 0.3) is 0 Å². The van der Waals surface area contributed by atoms with Gasteiger partial charge in [-0.3, -0.25) is 4.79 Å². The molecule has 0 aliphatic rings. The van der Waals surface area contributed by atoms with E-state index in [1.165, 1.54) is 0 Å². The van der Waals surface area contributed by atoms with Crippen LogP contribution in [-0.2, 0) is 0 Å². The van der Waals surface area contributed by atoms with Crippen molar-refractivity contribution in [2.75, 3.05) is 0 Å². The van der Waals surface area contributed by atoms with Gasteiger partial charge in [-0.25, -0.2) is 0 Å². The van der Waals surface area contributed by atoms with Crippen LogP contribution in [0.5, 0.6) is 0 Å². The van der Waals surface area contributed by atoms with Gasteiger partial charge < -0.3 is 4.42 Å². The zero-order valence-electron chi connectivity index (χ0n) is 9.27. The Bertz CT molecular complexity index is 724. The Morgan fingerprint density at radius 3 is 2.82 bits per heavy atom. The van der Waals surface area contributed by atoms with E-state index < -0.39 is 0 Å². The first-order valence-corrected chi connectivity index (χ1v) is 6.20. The summed E-state index contributed by atoms with van der Waals surface area (Å²) in [5, 5.41) is 2.60. The third-order valence-corrected chi connectivity index (χ3v) is 3.53. The van der Waals surface area contributed by atoms with Crippen molar-refractivity contribution in [3.8, 4) is 10.6 Å². The van der Waals surface area contributed by atoms with Gasteiger partial charge in [0.05, 0.1) is 10.3 Å². The van der Waals surface area contributed by atoms with Crippen LogP contribution in [0, 0.1) is 6.92 Å². The van der Waals surface area contributed by atoms with Crippen LogP contribution in [0.4, 0.5) is 0 Å². The summed E-state index contributed by atoms with van der Waals surface area (Å²) in [6.07, 6.45) is 0. The molecule has 3 rings (SSSR count). The van der Waals surface area contributed by atoms with Gasteiger partial charge in [-0.15, -0.1) is 11.3 Å². The lowest BCUT2D eigenvalue weighted by Gasteiger charge is -2.01. The Kier molecular flexibility index (Phi) is 2.34. The minimum Gasteiger partial charge on any atom is -0.455 e. The molecule has 0 saturated heterocycles. The average Bonchev–Trinajstić information content (AvgIpc) is 2.81. The Labute approximate surface area is 102 Å². The van der Waals surface area contributed by atoms with Crippen molar-refractivity contribution >= 4 is 22.3 Å². The largest absolute Gasteiger partial charge is 0.455 e. The molecule has 0 fully saturated rings. The normalized spacial score (nSPS) is 10.9. The molecule has 84 valence electrons. The zero-order valence-corrected chi connectivity index (χ0v) is 10.1. The predicted molar refractivity (Wildman–Crippen MR) is 70.5 cm³/mol. The minimum absolute atomic E-state index is 0.00894. The minimum atomic E-state index is 0.00894. The molecule has 1 aromatic carbocycles. The number of rotatable bonds is 1. The third-order valence-electron chi connectivity index (χ3n) is 2.65. The van der Waals surface area contributed by atoms with Gasteiger partial charge in [-0.05, 0) is 36.1 Å². The molecule has 17 heavy (non-hydrogen) atoms. The highest BCUT2D eigenvalue weighted by Gasteiger charge is 2.07. The maximum absolute atomic E-state index is 12.0. The van der Waals surface area contributed by atoms with Crippen molar-refractivity contribution < 1.29 is 4.42 Å². The van der Waals surface area contributed by atoms with E-state index in [9.17, 15) is 4.79 Å². The Morgan fingerprint density at radius 1 is 1.18 bits per heavy atom. The molecular formula is C14H10O2S. The smallest absolute Gasteiger partial charge is 0.193 e. The van der Waals surface area contributed by atoms with Gasteiger partial charge in [-0.2, -0.15) is 0 Å². The summed E-state index contributed by atoms with van der Waals surface area (Å²) in [6.45, 7) is 1.98. The number of thiophene rings is 1. The quantitative estimate of drug-likeness (QED) is 0.649. The fourth-order valence-corrected chi connectivity index (χ4v) is 2.48. The third kappa shape index (κ3) is 1.78. The molecule has 2 heterocycles. The lowest BCUT2D eigenvalue weighted by atomic mass is 10.1. The summed E-state index contributed by atoms with van der Waals surface area (Å²) in [5.74, 6) is 0.642. The van der Waals surface area contributed by atoms with E-state index in [2.05, 4.69) is 0 Å². The standard InChI is InChI=1S/C14H10O2S/c1-9-4-5-10-11(15)8-13(16-12(10)7-9)14-3-2-6-17-14/h2-8H,1H3. The van der Waals surface area contributed by atoms with Crippen LogP contribution in [-0.4, -0.2) is 0 Å². The maximum Gasteiger partial charge on any atom is 0.193 e. The molecule has 3 aromatic rings. The molecule has 0 amide bonds. The molecule has 2 nitrogen and oxygen atoms in total. The number of aryl methyl sites for hydroxylation is 1. The predicted octanol–water partition coefficient (Wildman–Crippen LogP) is 3.83. The van der Waals surface area contributed by atoms with E-state index in [4.69, 9.17) is 4.42 Å². The highest BCUT2D eigenvalue weighted by molar-refractivity contribution is 7.13. The molecule has 0 saturated carbocycles. The van der Waals surface area contributed by atoms with Crippen LogP contribution in [0.3, 0.4) is 0 Å². The molecule has 0 spiro atoms. The van der Waals surface area contributed by atoms with Gasteiger partial charge in [0.1, 0.15) is 11.3 Å². The monoisotopic (exact) mass is 242 g/mol. The SMILES string of the molecule is Cc1ccc2c(=O)cc(-c3cccs3)oc2c1. The Balaban J connectivity index is 2.33. The molecule has 3 heteroatoms. The second kappa shape index (κ2) is 3.86. The fourth-order valence-electron chi connectivity index (χ4n) is 1.80. The van der Waals surface area contributed by atoms with Crippen LogP contribution in [0.2, 0.25) is 0 Å². The lowest BCUT2D eigenvalue weighted by Crippen LogP contribution is -1.99. The van der Waals surface area contributed by atoms with Gasteiger partial charge in [0.15, 0.2) is 5.43 Å². The van der Waals surface area contributed by atoms with Gasteiger partial charge >= 0.3 is 0 Å². The van der Waals surface area contributed by atoms with Gasteiger partial charge in [0.2, 0.25) is 0 Å². The van der Waals surface area contributed by atoms with Crippen molar-refractivity contribution in [1.29, 1.82) is 0 Å². The van der Waals surface area contributed by atoms with E-state index in [-0.39, 0.29) is 5.43 Å². The second-order valence-electron chi connectivity index (χ2n) is 3.95. The summed E-state index contributed by atoms with van der Waals surface area (Å²) in [4.78, 5) is 12.9. The van der Waals surface area contributed by atoms with Crippen molar-refractivity contribution in [3.05, 3.63) is 57.6 Å². The van der Waals surface area contributed by atoms with E-state index in [0.29, 0.717) is 16.7 Å². The van der Waals surface area contributed by atoms with Crippen molar-refractivity contribution in [1.82, 2.24) is 0 Å². The van der Waals surface area contributed by atoms with E-state index >= 15 is 0 Å². The van der Waals surface area contributed by atoms with Gasteiger partial charge in [-0.1, -0.05) is 12.1 Å². The van der Waals surface area contributed by atoms with Gasteiger partial charge in [0, 0.05) is 6.07 Å². The summed E-state index contributed by atoms with van der Waals surface area (Å²) < 4.78 is 5.78. The van der Waals surface area contributed by atoms with Crippen molar-refractivity contribution in [2.45, 2.75) is 6.92 Å². The molecular weight excluding hydrogens is 232 g/mol.